The van der Waals surface area contributed by atoms with E-state index in [1.807, 2.05) is 91.0 Å². The van der Waals surface area contributed by atoms with Crippen molar-refractivity contribution in [3.63, 3.8) is 0 Å². The number of allylic oxidation sites excluding steroid dienone is 4. The van der Waals surface area contributed by atoms with Gasteiger partial charge >= 0.3 is 0 Å². The Morgan fingerprint density at radius 2 is 1.45 bits per heavy atom. The minimum absolute atomic E-state index is 0.0798. The van der Waals surface area contributed by atoms with Gasteiger partial charge in [-0.1, -0.05) is 61.2 Å². The number of hydrogen-bond donors (Lipinski definition) is 1. The number of aromatic hydroxyl groups is 1. The third-order valence-electron chi connectivity index (χ3n) is 7.08. The Balaban J connectivity index is 1.44. The zero-order valence-electron chi connectivity index (χ0n) is 21.5. The molecule has 0 bridgehead atoms. The highest BCUT2D eigenvalue weighted by Crippen LogP contribution is 2.40. The lowest BCUT2D eigenvalue weighted by molar-refractivity contribution is 0.482. The Bertz CT molecular complexity index is 2070. The van der Waals surface area contributed by atoms with E-state index >= 15 is 0 Å². The zero-order valence-corrected chi connectivity index (χ0v) is 21.5. The second kappa shape index (κ2) is 9.67. The summed E-state index contributed by atoms with van der Waals surface area (Å²) in [6.07, 6.45) is 13.0. The van der Waals surface area contributed by atoms with Crippen LogP contribution in [-0.2, 0) is 6.54 Å². The number of nitrogens with zero attached hydrogens (tertiary/aromatic N) is 5. The maximum absolute atomic E-state index is 11.4. The molecule has 0 unspecified atom stereocenters. The SMILES string of the molecule is C=C1/C=C\C=N/Cc2nc(-c3cc(-c4ccc5ccc6cccnc6c5n4)c(O)c4ncccc34)ccc2/C=C\1. The number of aromatic nitrogens is 4. The highest BCUT2D eigenvalue weighted by atomic mass is 16.3. The van der Waals surface area contributed by atoms with E-state index in [9.17, 15) is 5.11 Å². The predicted octanol–water partition coefficient (Wildman–Crippen LogP) is 7.48. The molecule has 0 atom stereocenters. The molecule has 190 valence electrons. The molecule has 6 nitrogen and oxygen atoms in total. The number of benzene rings is 2. The summed E-state index contributed by atoms with van der Waals surface area (Å²) in [4.78, 5) is 23.7. The summed E-state index contributed by atoms with van der Waals surface area (Å²) in [6, 6.07) is 21.7. The van der Waals surface area contributed by atoms with Crippen molar-refractivity contribution in [1.29, 1.82) is 0 Å². The quantitative estimate of drug-likeness (QED) is 0.241. The fourth-order valence-electron chi connectivity index (χ4n) is 5.07. The second-order valence-corrected chi connectivity index (χ2v) is 9.62. The van der Waals surface area contributed by atoms with E-state index in [4.69, 9.17) is 9.97 Å². The van der Waals surface area contributed by atoms with Gasteiger partial charge in [-0.05, 0) is 47.5 Å². The molecule has 1 N–H and O–H groups in total. The van der Waals surface area contributed by atoms with Crippen LogP contribution in [0.25, 0.3) is 61.3 Å². The molecular formula is C34H23N5O. The maximum atomic E-state index is 11.4. The van der Waals surface area contributed by atoms with Gasteiger partial charge in [0, 0.05) is 45.9 Å². The fraction of sp³-hybridized carbons (Fsp3) is 0.0294. The summed E-state index contributed by atoms with van der Waals surface area (Å²) >= 11 is 0. The van der Waals surface area contributed by atoms with E-state index in [1.54, 1.807) is 18.6 Å². The van der Waals surface area contributed by atoms with Gasteiger partial charge < -0.3 is 5.11 Å². The van der Waals surface area contributed by atoms with E-state index in [0.29, 0.717) is 23.3 Å². The van der Waals surface area contributed by atoms with E-state index in [-0.39, 0.29) is 5.75 Å². The van der Waals surface area contributed by atoms with Gasteiger partial charge in [-0.25, -0.2) is 4.98 Å². The first kappa shape index (κ1) is 23.6. The third kappa shape index (κ3) is 4.12. The number of phenolic OH excluding ortho intramolecular Hbond substituents is 1. The summed E-state index contributed by atoms with van der Waals surface area (Å²) in [7, 11) is 0. The molecule has 6 aromatic rings. The van der Waals surface area contributed by atoms with Crippen molar-refractivity contribution in [1.82, 2.24) is 19.9 Å². The molecule has 5 heterocycles. The van der Waals surface area contributed by atoms with E-state index in [1.165, 1.54) is 0 Å². The smallest absolute Gasteiger partial charge is 0.151 e. The van der Waals surface area contributed by atoms with Crippen molar-refractivity contribution in [3.05, 3.63) is 121 Å². The highest BCUT2D eigenvalue weighted by Gasteiger charge is 2.18. The Hall–Kier alpha value is -5.49. The average Bonchev–Trinajstić information content (AvgIpc) is 3.00. The molecule has 0 saturated heterocycles. The molecule has 0 saturated carbocycles. The van der Waals surface area contributed by atoms with Gasteiger partial charge in [0.15, 0.2) is 5.75 Å². The topological polar surface area (TPSA) is 84.2 Å². The number of fused-ring (bicyclic) bond motifs is 5. The molecule has 0 amide bonds. The Labute approximate surface area is 230 Å². The molecular weight excluding hydrogens is 494 g/mol. The van der Waals surface area contributed by atoms with Crippen LogP contribution in [0.1, 0.15) is 11.3 Å². The summed E-state index contributed by atoms with van der Waals surface area (Å²) < 4.78 is 0. The van der Waals surface area contributed by atoms with Crippen LogP contribution in [0.15, 0.2) is 114 Å². The molecule has 6 heteroatoms. The molecule has 2 aromatic carbocycles. The minimum Gasteiger partial charge on any atom is -0.505 e. The summed E-state index contributed by atoms with van der Waals surface area (Å²) in [6.45, 7) is 4.49. The van der Waals surface area contributed by atoms with Crippen molar-refractivity contribution in [2.24, 2.45) is 4.99 Å². The number of hydrogen-bond acceptors (Lipinski definition) is 6. The average molecular weight is 518 g/mol. The van der Waals surface area contributed by atoms with Gasteiger partial charge in [-0.15, -0.1) is 0 Å². The highest BCUT2D eigenvalue weighted by molar-refractivity contribution is 6.05. The first-order valence-corrected chi connectivity index (χ1v) is 12.9. The molecule has 0 spiro atoms. The number of pyridine rings is 4. The van der Waals surface area contributed by atoms with E-state index in [2.05, 4.69) is 21.5 Å². The molecule has 1 aliphatic heterocycles. The molecule has 0 radical (unpaired) electrons. The molecule has 0 fully saturated rings. The molecule has 40 heavy (non-hydrogen) atoms. The first-order valence-electron chi connectivity index (χ1n) is 12.9. The molecule has 4 aromatic heterocycles. The number of phenols is 1. The summed E-state index contributed by atoms with van der Waals surface area (Å²) in [5.41, 5.74) is 7.64. The van der Waals surface area contributed by atoms with Crippen molar-refractivity contribution < 1.29 is 5.11 Å². The van der Waals surface area contributed by atoms with Gasteiger partial charge in [-0.2, -0.15) is 0 Å². The van der Waals surface area contributed by atoms with E-state index < -0.39 is 0 Å². The van der Waals surface area contributed by atoms with Crippen LogP contribution in [0.4, 0.5) is 0 Å². The van der Waals surface area contributed by atoms with Crippen LogP contribution in [0, 0.1) is 0 Å². The van der Waals surface area contributed by atoms with Gasteiger partial charge in [0.1, 0.15) is 5.52 Å². The molecule has 0 aliphatic carbocycles. The van der Waals surface area contributed by atoms with Gasteiger partial charge in [0.25, 0.3) is 0 Å². The minimum atomic E-state index is 0.0798. The molecule has 7 rings (SSSR count). The monoisotopic (exact) mass is 517 g/mol. The van der Waals surface area contributed by atoms with Crippen LogP contribution in [0.3, 0.4) is 0 Å². The van der Waals surface area contributed by atoms with Crippen LogP contribution in [0.2, 0.25) is 0 Å². The van der Waals surface area contributed by atoms with Crippen LogP contribution in [0.5, 0.6) is 5.75 Å². The van der Waals surface area contributed by atoms with Gasteiger partial charge in [0.2, 0.25) is 0 Å². The molecule has 1 aliphatic rings. The fourth-order valence-corrected chi connectivity index (χ4v) is 5.07. The summed E-state index contributed by atoms with van der Waals surface area (Å²) in [5, 5.41) is 14.2. The van der Waals surface area contributed by atoms with Crippen molar-refractivity contribution >= 4 is 45.0 Å². The van der Waals surface area contributed by atoms with Crippen molar-refractivity contribution in [3.8, 4) is 28.3 Å². The van der Waals surface area contributed by atoms with Crippen molar-refractivity contribution in [2.45, 2.75) is 6.54 Å². The standard InChI is InChI=1S/C34H23N5O/c1-21-5-2-16-35-20-30-22(9-8-21)12-14-28(38-30)26-19-27(34(40)33-25(26)7-4-18-37-33)29-15-13-24-11-10-23-6-3-17-36-31(23)32(24)39-29/h2-19,40H,1,20H2/b5-2-,9-8-,35-16-. The number of aliphatic imine (C=N–C) groups is 1. The predicted molar refractivity (Wildman–Crippen MR) is 162 cm³/mol. The Kier molecular flexibility index (Phi) is 5.71. The maximum Gasteiger partial charge on any atom is 0.151 e. The van der Waals surface area contributed by atoms with Crippen LogP contribution < -0.4 is 0 Å². The zero-order chi connectivity index (χ0) is 27.1. The Morgan fingerprint density at radius 3 is 2.35 bits per heavy atom. The normalized spacial score (nSPS) is 15.7. The second-order valence-electron chi connectivity index (χ2n) is 9.62. The van der Waals surface area contributed by atoms with Crippen molar-refractivity contribution in [2.75, 3.05) is 0 Å². The number of rotatable bonds is 2. The largest absolute Gasteiger partial charge is 0.505 e. The van der Waals surface area contributed by atoms with Gasteiger partial charge in [-0.3, -0.25) is 19.9 Å². The van der Waals surface area contributed by atoms with Crippen LogP contribution in [-0.4, -0.2) is 31.3 Å². The third-order valence-corrected chi connectivity index (χ3v) is 7.08. The Morgan fingerprint density at radius 1 is 0.700 bits per heavy atom. The van der Waals surface area contributed by atoms with Crippen LogP contribution >= 0.6 is 0 Å². The van der Waals surface area contributed by atoms with Gasteiger partial charge in [0.05, 0.1) is 34.7 Å². The lowest BCUT2D eigenvalue weighted by Gasteiger charge is -2.14. The van der Waals surface area contributed by atoms with E-state index in [0.717, 1.165) is 55.3 Å². The first-order chi connectivity index (χ1) is 19.7. The summed E-state index contributed by atoms with van der Waals surface area (Å²) in [5.74, 6) is 0.0798. The lowest BCUT2D eigenvalue weighted by Crippen LogP contribution is -1.98. The lowest BCUT2D eigenvalue weighted by atomic mass is 9.97.